The van der Waals surface area contributed by atoms with Crippen LogP contribution < -0.4 is 29.3 Å². The van der Waals surface area contributed by atoms with Gasteiger partial charge in [0.25, 0.3) is 11.5 Å². The molecule has 2 aliphatic heterocycles. The number of thiazole rings is 1. The average Bonchev–Trinajstić information content (AvgIpc) is 3.50. The van der Waals surface area contributed by atoms with Crippen LogP contribution in [0.2, 0.25) is 5.02 Å². The number of allylic oxidation sites excluding steroid dienone is 1. The molecule has 3 heterocycles. The molecular formula is C34H29BrClN3O6S. The highest BCUT2D eigenvalue weighted by atomic mass is 79.9. The number of fused-ring (bicyclic) bond motifs is 2. The lowest BCUT2D eigenvalue weighted by atomic mass is 9.95. The molecule has 1 amide bonds. The molecule has 4 aromatic rings. The molecule has 3 aromatic carbocycles. The number of hydrogen-bond acceptors (Lipinski definition) is 8. The molecule has 236 valence electrons. The number of esters is 1. The minimum atomic E-state index is -0.930. The van der Waals surface area contributed by atoms with Gasteiger partial charge in [0, 0.05) is 15.1 Å². The highest BCUT2D eigenvalue weighted by Gasteiger charge is 2.38. The number of carbonyl (C=O) groups is 2. The quantitative estimate of drug-likeness (QED) is 0.222. The van der Waals surface area contributed by atoms with Gasteiger partial charge in [-0.25, -0.2) is 9.79 Å². The maximum absolute atomic E-state index is 14.6. The van der Waals surface area contributed by atoms with Crippen molar-refractivity contribution in [2.45, 2.75) is 33.4 Å². The first-order valence-corrected chi connectivity index (χ1v) is 16.5. The third-order valence-corrected chi connectivity index (χ3v) is 9.77. The van der Waals surface area contributed by atoms with Crippen molar-refractivity contribution in [1.29, 1.82) is 0 Å². The minimum absolute atomic E-state index is 0.139. The fourth-order valence-electron chi connectivity index (χ4n) is 5.75. The summed E-state index contributed by atoms with van der Waals surface area (Å²) in [6.07, 6.45) is 0. The number of ether oxygens (including phenoxy) is 3. The van der Waals surface area contributed by atoms with Crippen molar-refractivity contribution in [3.05, 3.63) is 118 Å². The summed E-state index contributed by atoms with van der Waals surface area (Å²) >= 11 is 10.9. The molecule has 0 fully saturated rings. The molecule has 46 heavy (non-hydrogen) atoms. The van der Waals surface area contributed by atoms with E-state index in [-0.39, 0.29) is 28.2 Å². The van der Waals surface area contributed by atoms with E-state index < -0.39 is 17.6 Å². The van der Waals surface area contributed by atoms with E-state index in [9.17, 15) is 14.4 Å². The van der Waals surface area contributed by atoms with Crippen LogP contribution >= 0.6 is 38.9 Å². The van der Waals surface area contributed by atoms with Crippen LogP contribution in [-0.4, -0.2) is 36.8 Å². The predicted molar refractivity (Wildman–Crippen MR) is 180 cm³/mol. The zero-order chi connectivity index (χ0) is 32.7. The lowest BCUT2D eigenvalue weighted by Gasteiger charge is -2.26. The molecule has 0 unspecified atom stereocenters. The molecule has 0 spiro atoms. The summed E-state index contributed by atoms with van der Waals surface area (Å²) in [5.74, 6) is 0.0375. The normalized spacial score (nSPS) is 16.6. The Morgan fingerprint density at radius 2 is 1.78 bits per heavy atom. The molecule has 1 aromatic heterocycles. The Morgan fingerprint density at radius 3 is 2.48 bits per heavy atom. The van der Waals surface area contributed by atoms with Gasteiger partial charge in [0.05, 0.1) is 55.4 Å². The second kappa shape index (κ2) is 12.9. The van der Waals surface area contributed by atoms with Crippen LogP contribution in [0.3, 0.4) is 0 Å². The van der Waals surface area contributed by atoms with Crippen molar-refractivity contribution in [3.63, 3.8) is 0 Å². The lowest BCUT2D eigenvalue weighted by molar-refractivity contribution is -0.139. The van der Waals surface area contributed by atoms with Gasteiger partial charge in [0.15, 0.2) is 16.3 Å². The standard InChI is InChI=1S/C34H29BrClN3O6S/c1-5-44-26-15-22(23(35)16-25(26)43-4)29-27(33(42)45-6-2)18(3)37-34-39(29)32(41)30(46-34)28-21-9-7-8-10-24(21)38(31(28)40)17-19-11-13-20(36)14-12-19/h7-16,29H,5-6,17H2,1-4H3/b30-28+/t29-/m0/s1. The first-order chi connectivity index (χ1) is 22.2. The first-order valence-electron chi connectivity index (χ1n) is 14.6. The third kappa shape index (κ3) is 5.46. The van der Waals surface area contributed by atoms with Gasteiger partial charge in [-0.15, -0.1) is 0 Å². The number of amides is 1. The van der Waals surface area contributed by atoms with Crippen LogP contribution in [0.1, 0.15) is 43.5 Å². The molecule has 2 aliphatic rings. The number of benzene rings is 3. The Balaban J connectivity index is 1.59. The number of aromatic nitrogens is 1. The number of rotatable bonds is 8. The average molecular weight is 723 g/mol. The second-order valence-electron chi connectivity index (χ2n) is 10.5. The molecule has 0 aliphatic carbocycles. The molecule has 0 bridgehead atoms. The largest absolute Gasteiger partial charge is 0.493 e. The summed E-state index contributed by atoms with van der Waals surface area (Å²) in [5, 5.41) is 0.600. The Kier molecular flexibility index (Phi) is 8.91. The summed E-state index contributed by atoms with van der Waals surface area (Å²) < 4.78 is 19.1. The third-order valence-electron chi connectivity index (χ3n) is 7.77. The predicted octanol–water partition coefficient (Wildman–Crippen LogP) is 5.54. The maximum atomic E-state index is 14.6. The van der Waals surface area contributed by atoms with E-state index in [1.54, 1.807) is 43.0 Å². The van der Waals surface area contributed by atoms with Gasteiger partial charge in [-0.3, -0.25) is 14.2 Å². The molecular weight excluding hydrogens is 694 g/mol. The van der Waals surface area contributed by atoms with Crippen molar-refractivity contribution >= 4 is 62.0 Å². The molecule has 12 heteroatoms. The van der Waals surface area contributed by atoms with Gasteiger partial charge >= 0.3 is 5.97 Å². The van der Waals surface area contributed by atoms with Crippen molar-refractivity contribution in [2.75, 3.05) is 25.2 Å². The topological polar surface area (TPSA) is 99.4 Å². The van der Waals surface area contributed by atoms with E-state index in [4.69, 9.17) is 30.8 Å². The smallest absolute Gasteiger partial charge is 0.338 e. The van der Waals surface area contributed by atoms with Gasteiger partial charge in [0.1, 0.15) is 4.53 Å². The summed E-state index contributed by atoms with van der Waals surface area (Å²) in [6.45, 7) is 6.09. The zero-order valence-corrected chi connectivity index (χ0v) is 28.6. The number of halogens is 2. The van der Waals surface area contributed by atoms with Gasteiger partial charge in [-0.1, -0.05) is 69.2 Å². The van der Waals surface area contributed by atoms with E-state index >= 15 is 0 Å². The highest BCUT2D eigenvalue weighted by molar-refractivity contribution is 9.10. The highest BCUT2D eigenvalue weighted by Crippen LogP contribution is 2.41. The summed E-state index contributed by atoms with van der Waals surface area (Å²) in [5.41, 5.74) is 3.26. The van der Waals surface area contributed by atoms with E-state index in [0.29, 0.717) is 61.5 Å². The van der Waals surface area contributed by atoms with Crippen molar-refractivity contribution in [3.8, 4) is 11.5 Å². The van der Waals surface area contributed by atoms with Gasteiger partial charge in [-0.05, 0) is 62.2 Å². The summed E-state index contributed by atoms with van der Waals surface area (Å²) in [7, 11) is 1.54. The number of methoxy groups -OCH3 is 1. The van der Waals surface area contributed by atoms with Crippen molar-refractivity contribution in [2.24, 2.45) is 4.99 Å². The fourth-order valence-corrected chi connectivity index (χ4v) is 7.56. The summed E-state index contributed by atoms with van der Waals surface area (Å²) in [6, 6.07) is 17.2. The van der Waals surface area contributed by atoms with Crippen LogP contribution in [0.25, 0.3) is 5.57 Å². The molecule has 0 N–H and O–H groups in total. The van der Waals surface area contributed by atoms with Crippen LogP contribution in [-0.2, 0) is 20.9 Å². The number of nitrogens with zero attached hydrogens (tertiary/aromatic N) is 3. The van der Waals surface area contributed by atoms with E-state index in [2.05, 4.69) is 15.9 Å². The Labute approximate surface area is 282 Å². The summed E-state index contributed by atoms with van der Waals surface area (Å²) in [4.78, 5) is 48.9. The number of anilines is 1. The molecule has 9 nitrogen and oxygen atoms in total. The second-order valence-corrected chi connectivity index (χ2v) is 12.8. The molecule has 6 rings (SSSR count). The van der Waals surface area contributed by atoms with Crippen LogP contribution in [0.15, 0.2) is 86.2 Å². The Hall–Kier alpha value is -4.19. The van der Waals surface area contributed by atoms with E-state index in [1.165, 1.54) is 11.7 Å². The maximum Gasteiger partial charge on any atom is 0.338 e. The van der Waals surface area contributed by atoms with Crippen molar-refractivity contribution < 1.29 is 23.8 Å². The fraction of sp³-hybridized carbons (Fsp3) is 0.235. The van der Waals surface area contributed by atoms with E-state index in [0.717, 1.165) is 16.9 Å². The Morgan fingerprint density at radius 1 is 1.04 bits per heavy atom. The molecule has 0 saturated carbocycles. The van der Waals surface area contributed by atoms with Crippen molar-refractivity contribution in [1.82, 2.24) is 4.57 Å². The van der Waals surface area contributed by atoms with Crippen LogP contribution in [0.4, 0.5) is 5.69 Å². The van der Waals surface area contributed by atoms with Crippen LogP contribution in [0.5, 0.6) is 11.5 Å². The monoisotopic (exact) mass is 721 g/mol. The van der Waals surface area contributed by atoms with E-state index in [1.807, 2.05) is 43.3 Å². The molecule has 0 radical (unpaired) electrons. The zero-order valence-electron chi connectivity index (χ0n) is 25.4. The number of para-hydroxylation sites is 1. The minimum Gasteiger partial charge on any atom is -0.493 e. The van der Waals surface area contributed by atoms with Gasteiger partial charge in [-0.2, -0.15) is 0 Å². The number of carbonyl (C=O) groups excluding carboxylic acids is 2. The molecule has 0 saturated heterocycles. The SMILES string of the molecule is CCOC(=O)C1=C(C)N=c2s/c(=C3/C(=O)N(Cc4ccc(Cl)cc4)c4ccccc43)c(=O)n2[C@H]1c1cc(OCC)c(OC)cc1Br. The Bertz CT molecular complexity index is 2100. The lowest BCUT2D eigenvalue weighted by Crippen LogP contribution is -2.41. The number of hydrogen-bond donors (Lipinski definition) is 0. The van der Waals surface area contributed by atoms with Gasteiger partial charge < -0.3 is 19.1 Å². The first kappa shape index (κ1) is 31.8. The van der Waals surface area contributed by atoms with Gasteiger partial charge in [0.2, 0.25) is 0 Å². The van der Waals surface area contributed by atoms with Crippen LogP contribution in [0, 0.1) is 0 Å². The molecule has 1 atom stereocenters.